The molecule has 3 amide bonds. The SMILES string of the molecule is CCCN(C)C(=O)c1nc([C@@H]2CCCN2C(=O)N(C)C)n2ccccc12. The summed E-state index contributed by atoms with van der Waals surface area (Å²) in [5.41, 5.74) is 1.25. The zero-order valence-corrected chi connectivity index (χ0v) is 16.0. The van der Waals surface area contributed by atoms with Gasteiger partial charge in [0, 0.05) is 40.4 Å². The highest BCUT2D eigenvalue weighted by Crippen LogP contribution is 2.33. The average Bonchev–Trinajstić information content (AvgIpc) is 3.25. The molecule has 0 radical (unpaired) electrons. The van der Waals surface area contributed by atoms with Crippen molar-refractivity contribution < 1.29 is 9.59 Å². The van der Waals surface area contributed by atoms with E-state index < -0.39 is 0 Å². The Labute approximate surface area is 154 Å². The van der Waals surface area contributed by atoms with Gasteiger partial charge in [-0.05, 0) is 31.4 Å². The number of carbonyl (C=O) groups excluding carboxylic acids is 2. The number of aromatic nitrogens is 2. The first kappa shape index (κ1) is 18.2. The Hall–Kier alpha value is -2.57. The Kier molecular flexibility index (Phi) is 5.15. The molecule has 140 valence electrons. The molecule has 0 saturated carbocycles. The van der Waals surface area contributed by atoms with E-state index in [4.69, 9.17) is 4.98 Å². The van der Waals surface area contributed by atoms with Crippen LogP contribution in [-0.2, 0) is 0 Å². The van der Waals surface area contributed by atoms with E-state index in [9.17, 15) is 9.59 Å². The van der Waals surface area contributed by atoms with Crippen molar-refractivity contribution in [3.05, 3.63) is 35.9 Å². The molecule has 2 aromatic heterocycles. The Bertz CT molecular complexity index is 813. The lowest BCUT2D eigenvalue weighted by Crippen LogP contribution is -2.39. The second kappa shape index (κ2) is 7.35. The number of imidazole rings is 1. The van der Waals surface area contributed by atoms with E-state index in [0.717, 1.165) is 30.6 Å². The molecule has 0 bridgehead atoms. The Morgan fingerprint density at radius 2 is 2.04 bits per heavy atom. The van der Waals surface area contributed by atoms with Crippen LogP contribution >= 0.6 is 0 Å². The first-order valence-corrected chi connectivity index (χ1v) is 9.16. The number of likely N-dealkylation sites (tertiary alicyclic amines) is 1. The Balaban J connectivity index is 2.04. The summed E-state index contributed by atoms with van der Waals surface area (Å²) in [5, 5.41) is 0. The van der Waals surface area contributed by atoms with Crippen molar-refractivity contribution in [1.82, 2.24) is 24.1 Å². The molecular formula is C19H27N5O2. The largest absolute Gasteiger partial charge is 0.340 e. The van der Waals surface area contributed by atoms with Crippen molar-refractivity contribution in [3.63, 3.8) is 0 Å². The van der Waals surface area contributed by atoms with E-state index in [1.54, 1.807) is 30.9 Å². The predicted molar refractivity (Wildman–Crippen MR) is 100 cm³/mol. The highest BCUT2D eigenvalue weighted by molar-refractivity contribution is 5.99. The monoisotopic (exact) mass is 357 g/mol. The van der Waals surface area contributed by atoms with Gasteiger partial charge in [-0.2, -0.15) is 0 Å². The maximum atomic E-state index is 12.9. The van der Waals surface area contributed by atoms with Crippen molar-refractivity contribution in [1.29, 1.82) is 0 Å². The molecule has 7 nitrogen and oxygen atoms in total. The van der Waals surface area contributed by atoms with Crippen molar-refractivity contribution >= 4 is 17.5 Å². The molecule has 3 heterocycles. The summed E-state index contributed by atoms with van der Waals surface area (Å²) in [6.45, 7) is 3.45. The fraction of sp³-hybridized carbons (Fsp3) is 0.526. The third-order valence-corrected chi connectivity index (χ3v) is 4.86. The zero-order valence-electron chi connectivity index (χ0n) is 16.0. The first-order valence-electron chi connectivity index (χ1n) is 9.16. The summed E-state index contributed by atoms with van der Waals surface area (Å²) >= 11 is 0. The minimum atomic E-state index is -0.113. The van der Waals surface area contributed by atoms with Crippen molar-refractivity contribution in [2.45, 2.75) is 32.2 Å². The molecule has 1 fully saturated rings. The van der Waals surface area contributed by atoms with Crippen LogP contribution in [0, 0.1) is 0 Å². The van der Waals surface area contributed by atoms with Crippen LogP contribution in [0.2, 0.25) is 0 Å². The highest BCUT2D eigenvalue weighted by atomic mass is 16.2. The second-order valence-corrected chi connectivity index (χ2v) is 7.03. The van der Waals surface area contributed by atoms with Crippen LogP contribution in [0.3, 0.4) is 0 Å². The minimum absolute atomic E-state index is 0.0174. The summed E-state index contributed by atoms with van der Waals surface area (Å²) in [6, 6.07) is 5.62. The molecule has 1 aliphatic rings. The summed E-state index contributed by atoms with van der Waals surface area (Å²) in [6.07, 6.45) is 4.61. The van der Waals surface area contributed by atoms with Crippen LogP contribution in [0.1, 0.15) is 48.5 Å². The fourth-order valence-electron chi connectivity index (χ4n) is 3.59. The third kappa shape index (κ3) is 3.13. The van der Waals surface area contributed by atoms with Gasteiger partial charge in [0.2, 0.25) is 0 Å². The number of pyridine rings is 1. The first-order chi connectivity index (χ1) is 12.5. The molecule has 1 aliphatic heterocycles. The van der Waals surface area contributed by atoms with Crippen LogP contribution in [0.15, 0.2) is 24.4 Å². The number of urea groups is 1. The second-order valence-electron chi connectivity index (χ2n) is 7.03. The molecule has 2 aromatic rings. The number of fused-ring (bicyclic) bond motifs is 1. The summed E-state index contributed by atoms with van der Waals surface area (Å²) in [4.78, 5) is 35.3. The van der Waals surface area contributed by atoms with Crippen LogP contribution < -0.4 is 0 Å². The molecule has 0 aliphatic carbocycles. The molecule has 0 spiro atoms. The molecule has 1 atom stereocenters. The van der Waals surface area contributed by atoms with Gasteiger partial charge in [0.25, 0.3) is 5.91 Å². The summed E-state index contributed by atoms with van der Waals surface area (Å²) < 4.78 is 1.96. The standard InChI is InChI=1S/C19H27N5O2/c1-5-11-22(4)18(25)16-14-9-6-7-12-23(14)17(20-16)15-10-8-13-24(15)19(26)21(2)3/h6-7,9,12,15H,5,8,10-11,13H2,1-4H3/t15-/m0/s1. The number of nitrogens with zero attached hydrogens (tertiary/aromatic N) is 5. The molecular weight excluding hydrogens is 330 g/mol. The minimum Gasteiger partial charge on any atom is -0.340 e. The quantitative estimate of drug-likeness (QED) is 0.845. The summed E-state index contributed by atoms with van der Waals surface area (Å²) in [5.74, 6) is 0.687. The lowest BCUT2D eigenvalue weighted by atomic mass is 10.2. The molecule has 7 heteroatoms. The zero-order chi connectivity index (χ0) is 18.8. The number of carbonyl (C=O) groups is 2. The van der Waals surface area contributed by atoms with Gasteiger partial charge < -0.3 is 19.1 Å². The maximum Gasteiger partial charge on any atom is 0.320 e. The summed E-state index contributed by atoms with van der Waals surface area (Å²) in [7, 11) is 5.32. The average molecular weight is 357 g/mol. The van der Waals surface area contributed by atoms with Gasteiger partial charge in [0.15, 0.2) is 5.69 Å². The van der Waals surface area contributed by atoms with E-state index in [0.29, 0.717) is 18.8 Å². The van der Waals surface area contributed by atoms with Gasteiger partial charge in [-0.25, -0.2) is 9.78 Å². The molecule has 0 aromatic carbocycles. The topological polar surface area (TPSA) is 61.2 Å². The van der Waals surface area contributed by atoms with Crippen LogP contribution in [0.5, 0.6) is 0 Å². The normalized spacial score (nSPS) is 16.9. The van der Waals surface area contributed by atoms with Gasteiger partial charge in [0.1, 0.15) is 5.82 Å². The lowest BCUT2D eigenvalue weighted by molar-refractivity contribution is 0.0791. The number of hydrogen-bond acceptors (Lipinski definition) is 3. The highest BCUT2D eigenvalue weighted by Gasteiger charge is 2.35. The Morgan fingerprint density at radius 3 is 2.73 bits per heavy atom. The molecule has 26 heavy (non-hydrogen) atoms. The molecule has 1 saturated heterocycles. The van der Waals surface area contributed by atoms with E-state index in [2.05, 4.69) is 0 Å². The van der Waals surface area contributed by atoms with Gasteiger partial charge in [-0.15, -0.1) is 0 Å². The smallest absolute Gasteiger partial charge is 0.320 e. The fourth-order valence-corrected chi connectivity index (χ4v) is 3.59. The molecule has 3 rings (SSSR count). The molecule has 0 unspecified atom stereocenters. The lowest BCUT2D eigenvalue weighted by Gasteiger charge is -2.27. The predicted octanol–water partition coefficient (Wildman–Crippen LogP) is 2.63. The number of amides is 3. The van der Waals surface area contributed by atoms with Crippen molar-refractivity contribution in [2.75, 3.05) is 34.2 Å². The van der Waals surface area contributed by atoms with Crippen molar-refractivity contribution in [3.8, 4) is 0 Å². The van der Waals surface area contributed by atoms with Crippen molar-refractivity contribution in [2.24, 2.45) is 0 Å². The van der Waals surface area contributed by atoms with Gasteiger partial charge >= 0.3 is 6.03 Å². The third-order valence-electron chi connectivity index (χ3n) is 4.86. The Morgan fingerprint density at radius 1 is 1.27 bits per heavy atom. The number of hydrogen-bond donors (Lipinski definition) is 0. The number of rotatable bonds is 4. The maximum absolute atomic E-state index is 12.9. The van der Waals surface area contributed by atoms with Gasteiger partial charge in [0.05, 0.1) is 11.6 Å². The van der Waals surface area contributed by atoms with Crippen LogP contribution in [0.4, 0.5) is 4.79 Å². The van der Waals surface area contributed by atoms with E-state index in [1.807, 2.05) is 40.6 Å². The van der Waals surface area contributed by atoms with Crippen LogP contribution in [0.25, 0.3) is 5.52 Å². The van der Waals surface area contributed by atoms with E-state index in [1.165, 1.54) is 0 Å². The molecule has 0 N–H and O–H groups in total. The van der Waals surface area contributed by atoms with Gasteiger partial charge in [-0.3, -0.25) is 4.79 Å². The van der Waals surface area contributed by atoms with E-state index in [-0.39, 0.29) is 18.0 Å². The van der Waals surface area contributed by atoms with Gasteiger partial charge in [-0.1, -0.05) is 13.0 Å². The van der Waals surface area contributed by atoms with E-state index >= 15 is 0 Å². The van der Waals surface area contributed by atoms with Crippen LogP contribution in [-0.4, -0.2) is 70.3 Å².